The molecule has 0 radical (unpaired) electrons. The molecule has 0 saturated heterocycles. The van der Waals surface area contributed by atoms with E-state index in [2.05, 4.69) is 0 Å². The van der Waals surface area contributed by atoms with Crippen LogP contribution in [0.2, 0.25) is 0 Å². The summed E-state index contributed by atoms with van der Waals surface area (Å²) in [5.41, 5.74) is 1.11. The van der Waals surface area contributed by atoms with Crippen molar-refractivity contribution < 1.29 is 9.63 Å². The SMILES string of the molecule is Cc1cccc2[se]n(OC(=O)c3ccccc3)c(=O)c12. The number of hydrogen-bond donors (Lipinski definition) is 0. The van der Waals surface area contributed by atoms with E-state index in [0.29, 0.717) is 10.9 Å². The molecule has 4 nitrogen and oxygen atoms in total. The summed E-state index contributed by atoms with van der Waals surface area (Å²) in [4.78, 5) is 29.4. The number of aryl methyl sites for hydroxylation is 1. The molecule has 0 saturated carbocycles. The van der Waals surface area contributed by atoms with Crippen molar-refractivity contribution in [2.24, 2.45) is 0 Å². The van der Waals surface area contributed by atoms with Gasteiger partial charge in [-0.15, -0.1) is 0 Å². The van der Waals surface area contributed by atoms with Crippen LogP contribution in [0.1, 0.15) is 15.9 Å². The van der Waals surface area contributed by atoms with Gasteiger partial charge < -0.3 is 0 Å². The summed E-state index contributed by atoms with van der Waals surface area (Å²) in [6.45, 7) is 1.88. The maximum absolute atomic E-state index is 12.2. The second-order valence-electron chi connectivity index (χ2n) is 4.35. The summed E-state index contributed by atoms with van der Waals surface area (Å²) in [6, 6.07) is 14.3. The Labute approximate surface area is 121 Å². The van der Waals surface area contributed by atoms with E-state index in [9.17, 15) is 9.59 Å². The molecule has 1 heterocycles. The molecule has 20 heavy (non-hydrogen) atoms. The van der Waals surface area contributed by atoms with Gasteiger partial charge in [0.2, 0.25) is 0 Å². The molecule has 0 amide bonds. The number of aromatic nitrogens is 1. The second-order valence-corrected chi connectivity index (χ2v) is 6.35. The Kier molecular flexibility index (Phi) is 3.30. The summed E-state index contributed by atoms with van der Waals surface area (Å²) in [6.07, 6.45) is 0. The fraction of sp³-hybridized carbons (Fsp3) is 0.0667. The van der Waals surface area contributed by atoms with Gasteiger partial charge in [-0.2, -0.15) is 0 Å². The van der Waals surface area contributed by atoms with Crippen LogP contribution >= 0.6 is 0 Å². The molecule has 0 bridgehead atoms. The van der Waals surface area contributed by atoms with Crippen molar-refractivity contribution in [3.63, 3.8) is 0 Å². The van der Waals surface area contributed by atoms with Crippen molar-refractivity contribution in [1.29, 1.82) is 0 Å². The number of carbonyl (C=O) groups is 1. The number of fused-ring (bicyclic) bond motifs is 1. The van der Waals surface area contributed by atoms with Crippen molar-refractivity contribution in [3.05, 3.63) is 70.0 Å². The van der Waals surface area contributed by atoms with Gasteiger partial charge in [-0.1, -0.05) is 0 Å². The molecular formula is C15H11NO3Se. The topological polar surface area (TPSA) is 48.3 Å². The molecule has 0 aliphatic heterocycles. The first kappa shape index (κ1) is 12.9. The quantitative estimate of drug-likeness (QED) is 0.671. The zero-order valence-corrected chi connectivity index (χ0v) is 12.4. The van der Waals surface area contributed by atoms with Crippen molar-refractivity contribution in [2.45, 2.75) is 6.92 Å². The fourth-order valence-corrected chi connectivity index (χ4v) is 3.94. The van der Waals surface area contributed by atoms with E-state index in [0.717, 1.165) is 9.82 Å². The third kappa shape index (κ3) is 2.22. The second kappa shape index (κ2) is 5.12. The van der Waals surface area contributed by atoms with Crippen LogP contribution in [0.15, 0.2) is 53.3 Å². The van der Waals surface area contributed by atoms with E-state index in [1.165, 1.54) is 3.73 Å². The molecule has 0 unspecified atom stereocenters. The van der Waals surface area contributed by atoms with Crippen molar-refractivity contribution in [2.75, 3.05) is 0 Å². The van der Waals surface area contributed by atoms with Crippen molar-refractivity contribution >= 4 is 30.3 Å². The predicted octanol–water partition coefficient (Wildman–Crippen LogP) is 1.64. The van der Waals surface area contributed by atoms with Crippen LogP contribution in [0, 0.1) is 6.92 Å². The van der Waals surface area contributed by atoms with Crippen LogP contribution in [-0.4, -0.2) is 24.4 Å². The number of hydrogen-bond acceptors (Lipinski definition) is 3. The first-order valence-corrected chi connectivity index (χ1v) is 7.68. The van der Waals surface area contributed by atoms with Crippen LogP contribution < -0.4 is 10.4 Å². The summed E-state index contributed by atoms with van der Waals surface area (Å²) in [7, 11) is 0. The molecule has 0 aliphatic carbocycles. The van der Waals surface area contributed by atoms with Gasteiger partial charge in [0, 0.05) is 0 Å². The number of carbonyl (C=O) groups excluding carboxylic acids is 1. The zero-order valence-electron chi connectivity index (χ0n) is 10.7. The maximum atomic E-state index is 12.2. The van der Waals surface area contributed by atoms with Crippen LogP contribution in [0.25, 0.3) is 9.65 Å². The summed E-state index contributed by atoms with van der Waals surface area (Å²) in [5, 5.41) is 0.661. The molecule has 0 N–H and O–H groups in total. The standard InChI is InChI=1S/C15H11NO3Se/c1-10-6-5-9-12-13(10)14(17)16(20-12)19-15(18)11-7-3-2-4-8-11/h2-9H,1H3. The van der Waals surface area contributed by atoms with Gasteiger partial charge in [-0.25, -0.2) is 0 Å². The Hall–Kier alpha value is -2.10. The van der Waals surface area contributed by atoms with E-state index in [1.54, 1.807) is 24.3 Å². The van der Waals surface area contributed by atoms with Gasteiger partial charge in [0.15, 0.2) is 0 Å². The van der Waals surface area contributed by atoms with Gasteiger partial charge in [0.05, 0.1) is 0 Å². The molecule has 0 atom stereocenters. The van der Waals surface area contributed by atoms with Crippen LogP contribution in [0.5, 0.6) is 0 Å². The first-order valence-electron chi connectivity index (χ1n) is 6.06. The molecule has 0 spiro atoms. The summed E-state index contributed by atoms with van der Waals surface area (Å²) in [5.74, 6) is -0.508. The zero-order chi connectivity index (χ0) is 14.1. The molecular weight excluding hydrogens is 321 g/mol. The number of nitrogens with zero attached hydrogens (tertiary/aromatic N) is 1. The van der Waals surface area contributed by atoms with Crippen LogP contribution in [0.4, 0.5) is 0 Å². The van der Waals surface area contributed by atoms with E-state index in [1.807, 2.05) is 31.2 Å². The van der Waals surface area contributed by atoms with E-state index in [4.69, 9.17) is 4.84 Å². The molecule has 2 aromatic carbocycles. The Morgan fingerprint density at radius 3 is 2.55 bits per heavy atom. The minimum absolute atomic E-state index is 0.234. The molecule has 100 valence electrons. The Balaban J connectivity index is 2.00. The molecule has 3 rings (SSSR count). The van der Waals surface area contributed by atoms with E-state index < -0.39 is 5.97 Å². The third-order valence-corrected chi connectivity index (χ3v) is 4.95. The monoisotopic (exact) mass is 333 g/mol. The minimum atomic E-state index is -0.508. The molecule has 0 aliphatic rings. The molecule has 0 fully saturated rings. The predicted molar refractivity (Wildman–Crippen MR) is 77.2 cm³/mol. The average Bonchev–Trinajstić information content (AvgIpc) is 2.78. The molecule has 5 heteroatoms. The van der Waals surface area contributed by atoms with Gasteiger partial charge in [0.25, 0.3) is 0 Å². The number of rotatable bonds is 2. The summed E-state index contributed by atoms with van der Waals surface area (Å²) >= 11 is -0.317. The Morgan fingerprint density at radius 1 is 1.10 bits per heavy atom. The van der Waals surface area contributed by atoms with Gasteiger partial charge in [0.1, 0.15) is 0 Å². The summed E-state index contributed by atoms with van der Waals surface area (Å²) < 4.78 is 2.13. The first-order chi connectivity index (χ1) is 9.66. The Bertz CT molecular complexity index is 833. The van der Waals surface area contributed by atoms with Gasteiger partial charge in [-0.05, 0) is 0 Å². The van der Waals surface area contributed by atoms with E-state index >= 15 is 0 Å². The van der Waals surface area contributed by atoms with Gasteiger partial charge in [-0.3, -0.25) is 0 Å². The van der Waals surface area contributed by atoms with Gasteiger partial charge >= 0.3 is 121 Å². The fourth-order valence-electron chi connectivity index (χ4n) is 1.98. The average molecular weight is 332 g/mol. The third-order valence-electron chi connectivity index (χ3n) is 2.97. The van der Waals surface area contributed by atoms with Crippen molar-refractivity contribution in [1.82, 2.24) is 3.73 Å². The Morgan fingerprint density at radius 2 is 1.85 bits per heavy atom. The van der Waals surface area contributed by atoms with Crippen LogP contribution in [0.3, 0.4) is 0 Å². The normalized spacial score (nSPS) is 10.7. The van der Waals surface area contributed by atoms with Crippen LogP contribution in [-0.2, 0) is 0 Å². The number of benzene rings is 2. The molecule has 1 aromatic heterocycles. The molecule has 3 aromatic rings. The van der Waals surface area contributed by atoms with E-state index in [-0.39, 0.29) is 20.3 Å². The van der Waals surface area contributed by atoms with Crippen molar-refractivity contribution in [3.8, 4) is 0 Å².